The number of hydrogen-bond donors (Lipinski definition) is 1. The van der Waals surface area contributed by atoms with Gasteiger partial charge in [-0.2, -0.15) is 5.10 Å². The van der Waals surface area contributed by atoms with Crippen LogP contribution in [0.1, 0.15) is 25.5 Å². The Morgan fingerprint density at radius 2 is 2.43 bits per heavy atom. The average molecular weight is 212 g/mol. The maximum Gasteiger partial charge on any atom is 0.209 e. The molecule has 0 fully saturated rings. The minimum Gasteiger partial charge on any atom is -0.411 e. The van der Waals surface area contributed by atoms with Crippen LogP contribution >= 0.6 is 11.8 Å². The molecule has 0 aliphatic heterocycles. The van der Waals surface area contributed by atoms with Gasteiger partial charge in [0.2, 0.25) is 5.16 Å². The summed E-state index contributed by atoms with van der Waals surface area (Å²) in [5.41, 5.74) is 1.14. The molecule has 1 heterocycles. The third kappa shape index (κ3) is 2.66. The fraction of sp³-hybridized carbons (Fsp3) is 0.500. The first kappa shape index (κ1) is 10.9. The van der Waals surface area contributed by atoms with Gasteiger partial charge in [0.1, 0.15) is 11.4 Å². The standard InChI is InChI=1S/C8H12N4OS/c1-3-4-6(12-13)7-5-9-11-8(10-7)14-2/h5,13H,3-4H2,1-2H3/b12-6-. The van der Waals surface area contributed by atoms with E-state index < -0.39 is 0 Å². The predicted octanol–water partition coefficient (Wildman–Crippen LogP) is 1.57. The van der Waals surface area contributed by atoms with Crippen LogP contribution in [0.4, 0.5) is 0 Å². The summed E-state index contributed by atoms with van der Waals surface area (Å²) in [5, 5.41) is 20.1. The van der Waals surface area contributed by atoms with Gasteiger partial charge in [-0.05, 0) is 12.7 Å². The van der Waals surface area contributed by atoms with Crippen molar-refractivity contribution in [1.82, 2.24) is 15.2 Å². The van der Waals surface area contributed by atoms with Crippen molar-refractivity contribution in [2.24, 2.45) is 5.16 Å². The molecule has 1 rings (SSSR count). The fourth-order valence-electron chi connectivity index (χ4n) is 0.979. The Morgan fingerprint density at radius 1 is 1.64 bits per heavy atom. The molecule has 0 bridgehead atoms. The highest BCUT2D eigenvalue weighted by Crippen LogP contribution is 2.08. The van der Waals surface area contributed by atoms with Crippen LogP contribution in [0.3, 0.4) is 0 Å². The highest BCUT2D eigenvalue weighted by atomic mass is 32.2. The van der Waals surface area contributed by atoms with Crippen molar-refractivity contribution in [2.45, 2.75) is 24.9 Å². The van der Waals surface area contributed by atoms with Crippen molar-refractivity contribution in [3.05, 3.63) is 11.9 Å². The molecule has 0 atom stereocenters. The van der Waals surface area contributed by atoms with Crippen molar-refractivity contribution in [2.75, 3.05) is 6.26 Å². The molecule has 76 valence electrons. The van der Waals surface area contributed by atoms with Gasteiger partial charge in [0, 0.05) is 0 Å². The van der Waals surface area contributed by atoms with Crippen molar-refractivity contribution in [3.63, 3.8) is 0 Å². The Labute approximate surface area is 86.7 Å². The molecular formula is C8H12N4OS. The van der Waals surface area contributed by atoms with E-state index in [0.29, 0.717) is 23.0 Å². The Kier molecular flexibility index (Phi) is 4.31. The third-order valence-corrected chi connectivity index (χ3v) is 2.16. The zero-order chi connectivity index (χ0) is 10.4. The first-order valence-corrected chi connectivity index (χ1v) is 5.49. The predicted molar refractivity (Wildman–Crippen MR) is 54.8 cm³/mol. The number of hydrogen-bond acceptors (Lipinski definition) is 6. The van der Waals surface area contributed by atoms with Crippen LogP contribution < -0.4 is 0 Å². The summed E-state index contributed by atoms with van der Waals surface area (Å²) < 4.78 is 0. The number of aromatic nitrogens is 3. The van der Waals surface area contributed by atoms with Crippen LogP contribution in [0.5, 0.6) is 0 Å². The lowest BCUT2D eigenvalue weighted by molar-refractivity contribution is 0.317. The molecule has 6 heteroatoms. The maximum absolute atomic E-state index is 8.77. The topological polar surface area (TPSA) is 71.3 Å². The van der Waals surface area contributed by atoms with E-state index in [-0.39, 0.29) is 0 Å². The van der Waals surface area contributed by atoms with Crippen molar-refractivity contribution >= 4 is 17.5 Å². The number of rotatable bonds is 4. The summed E-state index contributed by atoms with van der Waals surface area (Å²) in [7, 11) is 0. The normalized spacial score (nSPS) is 11.7. The minimum atomic E-state index is 0.553. The van der Waals surface area contributed by atoms with E-state index in [9.17, 15) is 0 Å². The highest BCUT2D eigenvalue weighted by Gasteiger charge is 2.07. The molecule has 0 aliphatic rings. The van der Waals surface area contributed by atoms with Crippen LogP contribution in [0.25, 0.3) is 0 Å². The van der Waals surface area contributed by atoms with E-state index in [1.54, 1.807) is 0 Å². The van der Waals surface area contributed by atoms with E-state index in [4.69, 9.17) is 5.21 Å². The lowest BCUT2D eigenvalue weighted by atomic mass is 10.2. The molecule has 5 nitrogen and oxygen atoms in total. The summed E-state index contributed by atoms with van der Waals surface area (Å²) in [6.07, 6.45) is 4.96. The molecule has 0 saturated carbocycles. The van der Waals surface area contributed by atoms with Crippen LogP contribution in [0.15, 0.2) is 16.5 Å². The van der Waals surface area contributed by atoms with Gasteiger partial charge in [0.25, 0.3) is 0 Å². The lowest BCUT2D eigenvalue weighted by Crippen LogP contribution is -2.06. The molecule has 1 aromatic heterocycles. The van der Waals surface area contributed by atoms with Crippen molar-refractivity contribution < 1.29 is 5.21 Å². The van der Waals surface area contributed by atoms with Gasteiger partial charge in [0.15, 0.2) is 0 Å². The fourth-order valence-corrected chi connectivity index (χ4v) is 1.30. The molecule has 14 heavy (non-hydrogen) atoms. The Hall–Kier alpha value is -1.17. The average Bonchev–Trinajstić information content (AvgIpc) is 2.26. The van der Waals surface area contributed by atoms with E-state index in [0.717, 1.165) is 6.42 Å². The summed E-state index contributed by atoms with van der Waals surface area (Å²) in [4.78, 5) is 4.18. The zero-order valence-corrected chi connectivity index (χ0v) is 8.95. The molecule has 0 aliphatic carbocycles. The quantitative estimate of drug-likeness (QED) is 0.355. The van der Waals surface area contributed by atoms with Crippen molar-refractivity contribution in [1.29, 1.82) is 0 Å². The molecule has 0 spiro atoms. The summed E-state index contributed by atoms with van der Waals surface area (Å²) >= 11 is 1.41. The smallest absolute Gasteiger partial charge is 0.209 e. The minimum absolute atomic E-state index is 0.553. The van der Waals surface area contributed by atoms with Gasteiger partial charge in [0.05, 0.1) is 6.20 Å². The molecule has 0 saturated heterocycles. The van der Waals surface area contributed by atoms with Gasteiger partial charge in [-0.3, -0.25) is 0 Å². The van der Waals surface area contributed by atoms with Crippen LogP contribution in [-0.4, -0.2) is 32.4 Å². The largest absolute Gasteiger partial charge is 0.411 e. The molecule has 0 unspecified atom stereocenters. The van der Waals surface area contributed by atoms with E-state index in [1.807, 2.05) is 13.2 Å². The summed E-state index contributed by atoms with van der Waals surface area (Å²) in [6, 6.07) is 0. The number of oxime groups is 1. The van der Waals surface area contributed by atoms with Crippen LogP contribution in [0, 0.1) is 0 Å². The molecule has 1 N–H and O–H groups in total. The number of thioether (sulfide) groups is 1. The third-order valence-electron chi connectivity index (χ3n) is 1.63. The molecule has 0 radical (unpaired) electrons. The van der Waals surface area contributed by atoms with E-state index in [1.165, 1.54) is 18.0 Å². The molecule has 1 aromatic rings. The van der Waals surface area contributed by atoms with Gasteiger partial charge < -0.3 is 5.21 Å². The second kappa shape index (κ2) is 5.54. The Bertz CT molecular complexity index is 329. The van der Waals surface area contributed by atoms with Crippen LogP contribution in [0.2, 0.25) is 0 Å². The van der Waals surface area contributed by atoms with Gasteiger partial charge >= 0.3 is 0 Å². The van der Waals surface area contributed by atoms with E-state index >= 15 is 0 Å². The Balaban J connectivity index is 2.93. The number of nitrogens with zero attached hydrogens (tertiary/aromatic N) is 4. The van der Waals surface area contributed by atoms with E-state index in [2.05, 4.69) is 20.3 Å². The van der Waals surface area contributed by atoms with Gasteiger partial charge in [-0.15, -0.1) is 5.10 Å². The highest BCUT2D eigenvalue weighted by molar-refractivity contribution is 7.98. The second-order valence-corrected chi connectivity index (χ2v) is 3.40. The SMILES string of the molecule is CCC/C(=N/O)c1cnnc(SC)n1. The molecular weight excluding hydrogens is 200 g/mol. The van der Waals surface area contributed by atoms with Gasteiger partial charge in [-0.1, -0.05) is 30.3 Å². The summed E-state index contributed by atoms with van der Waals surface area (Å²) in [6.45, 7) is 2.01. The monoisotopic (exact) mass is 212 g/mol. The zero-order valence-electron chi connectivity index (χ0n) is 8.14. The van der Waals surface area contributed by atoms with Gasteiger partial charge in [-0.25, -0.2) is 4.98 Å². The first-order valence-electron chi connectivity index (χ1n) is 4.26. The van der Waals surface area contributed by atoms with Crippen molar-refractivity contribution in [3.8, 4) is 0 Å². The maximum atomic E-state index is 8.77. The molecule has 0 amide bonds. The second-order valence-electron chi connectivity index (χ2n) is 2.63. The first-order chi connectivity index (χ1) is 6.81. The summed E-state index contributed by atoms with van der Waals surface area (Å²) in [5.74, 6) is 0. The Morgan fingerprint density at radius 3 is 3.00 bits per heavy atom. The van der Waals surface area contributed by atoms with Crippen LogP contribution in [-0.2, 0) is 0 Å². The lowest BCUT2D eigenvalue weighted by Gasteiger charge is -2.01. The molecule has 0 aromatic carbocycles.